The molecule has 7 nitrogen and oxygen atoms in total. The minimum Gasteiger partial charge on any atom is -0.361 e. The second-order valence-corrected chi connectivity index (χ2v) is 8.03. The van der Waals surface area contributed by atoms with Gasteiger partial charge in [0.15, 0.2) is 10.8 Å². The van der Waals surface area contributed by atoms with Crippen molar-refractivity contribution >= 4 is 28.3 Å². The average Bonchev–Trinajstić information content (AvgIpc) is 3.28. The van der Waals surface area contributed by atoms with Crippen LogP contribution < -0.4 is 5.32 Å². The molecule has 0 fully saturated rings. The van der Waals surface area contributed by atoms with E-state index in [9.17, 15) is 9.59 Å². The normalized spacial score (nSPS) is 13.3. The predicted molar refractivity (Wildman–Crippen MR) is 106 cm³/mol. The number of hydrogen-bond donors (Lipinski definition) is 1. The van der Waals surface area contributed by atoms with Gasteiger partial charge in [-0.25, -0.2) is 4.98 Å². The Morgan fingerprint density at radius 2 is 2.00 bits per heavy atom. The lowest BCUT2D eigenvalue weighted by molar-refractivity contribution is 0.0736. The molecule has 2 amide bonds. The van der Waals surface area contributed by atoms with Crippen LogP contribution in [-0.2, 0) is 13.0 Å². The van der Waals surface area contributed by atoms with Gasteiger partial charge < -0.3 is 9.42 Å². The molecular formula is C20H20N4O3S. The largest absolute Gasteiger partial charge is 0.361 e. The Morgan fingerprint density at radius 1 is 1.18 bits per heavy atom. The van der Waals surface area contributed by atoms with Crippen molar-refractivity contribution in [3.63, 3.8) is 0 Å². The van der Waals surface area contributed by atoms with E-state index in [1.165, 1.54) is 16.9 Å². The summed E-state index contributed by atoms with van der Waals surface area (Å²) in [5.41, 5.74) is 4.13. The molecular weight excluding hydrogens is 376 g/mol. The summed E-state index contributed by atoms with van der Waals surface area (Å²) in [5.74, 6) is 0.237. The molecule has 28 heavy (non-hydrogen) atoms. The lowest BCUT2D eigenvalue weighted by Crippen LogP contribution is -2.35. The summed E-state index contributed by atoms with van der Waals surface area (Å²) in [4.78, 5) is 32.4. The Balaban J connectivity index is 1.47. The number of hydrogen-bond acceptors (Lipinski definition) is 6. The molecule has 0 atom stereocenters. The molecule has 0 saturated carbocycles. The number of nitrogens with zero attached hydrogens (tertiary/aromatic N) is 3. The van der Waals surface area contributed by atoms with Gasteiger partial charge in [0, 0.05) is 29.5 Å². The Hall–Kier alpha value is -3.00. The lowest BCUT2D eigenvalue weighted by atomic mass is 10.0. The van der Waals surface area contributed by atoms with Crippen LogP contribution in [0.15, 0.2) is 28.8 Å². The van der Waals surface area contributed by atoms with E-state index in [2.05, 4.69) is 15.5 Å². The van der Waals surface area contributed by atoms with Gasteiger partial charge in [-0.3, -0.25) is 14.9 Å². The van der Waals surface area contributed by atoms with Gasteiger partial charge in [0.25, 0.3) is 11.8 Å². The van der Waals surface area contributed by atoms with Crippen molar-refractivity contribution in [3.05, 3.63) is 63.0 Å². The standard InChI is InChI=1S/C20H20N4O3S/c1-11-4-5-14(8-12(11)2)19(26)24-7-6-15-17(10-24)28-20(21-15)22-18(25)16-9-13(3)27-23-16/h4-5,8-9H,6-7,10H2,1-3H3,(H,21,22,25). The Morgan fingerprint density at radius 3 is 2.71 bits per heavy atom. The summed E-state index contributed by atoms with van der Waals surface area (Å²) in [6.07, 6.45) is 0.668. The number of amides is 2. The average molecular weight is 396 g/mol. The van der Waals surface area contributed by atoms with E-state index >= 15 is 0 Å². The lowest BCUT2D eigenvalue weighted by Gasteiger charge is -2.26. The van der Waals surface area contributed by atoms with Crippen LogP contribution in [0.25, 0.3) is 0 Å². The van der Waals surface area contributed by atoms with Crippen molar-refractivity contribution in [2.24, 2.45) is 0 Å². The van der Waals surface area contributed by atoms with E-state index in [1.807, 2.05) is 36.9 Å². The zero-order valence-corrected chi connectivity index (χ0v) is 16.7. The van der Waals surface area contributed by atoms with E-state index in [4.69, 9.17) is 4.52 Å². The molecule has 1 aromatic carbocycles. The Labute approximate surface area is 166 Å². The summed E-state index contributed by atoms with van der Waals surface area (Å²) in [5, 5.41) is 6.98. The SMILES string of the molecule is Cc1cc(C(=O)Nc2nc3c(s2)CN(C(=O)c2ccc(C)c(C)c2)CC3)no1. The van der Waals surface area contributed by atoms with Gasteiger partial charge in [-0.2, -0.15) is 0 Å². The molecule has 1 N–H and O–H groups in total. The first-order valence-corrected chi connectivity index (χ1v) is 9.82. The molecule has 3 aromatic rings. The molecule has 0 radical (unpaired) electrons. The highest BCUT2D eigenvalue weighted by Crippen LogP contribution is 2.29. The minimum atomic E-state index is -0.356. The highest BCUT2D eigenvalue weighted by atomic mass is 32.1. The van der Waals surface area contributed by atoms with Crippen LogP contribution in [0.1, 0.15) is 48.3 Å². The molecule has 0 bridgehead atoms. The topological polar surface area (TPSA) is 88.3 Å². The number of benzene rings is 1. The number of fused-ring (bicyclic) bond motifs is 1. The molecule has 0 unspecified atom stereocenters. The van der Waals surface area contributed by atoms with Crippen molar-refractivity contribution in [1.29, 1.82) is 0 Å². The Kier molecular flexibility index (Phi) is 4.72. The Bertz CT molecular complexity index is 1070. The molecule has 0 spiro atoms. The molecule has 0 aliphatic carbocycles. The number of carbonyl (C=O) groups is 2. The van der Waals surface area contributed by atoms with Gasteiger partial charge in [-0.15, -0.1) is 0 Å². The van der Waals surface area contributed by atoms with E-state index in [-0.39, 0.29) is 17.5 Å². The highest BCUT2D eigenvalue weighted by molar-refractivity contribution is 7.15. The number of thiazole rings is 1. The quantitative estimate of drug-likeness (QED) is 0.732. The third-order valence-electron chi connectivity index (χ3n) is 4.85. The second-order valence-electron chi connectivity index (χ2n) is 6.94. The van der Waals surface area contributed by atoms with Crippen LogP contribution in [0, 0.1) is 20.8 Å². The number of nitrogens with one attached hydrogen (secondary N) is 1. The van der Waals surface area contributed by atoms with Crippen LogP contribution in [-0.4, -0.2) is 33.4 Å². The van der Waals surface area contributed by atoms with Crippen molar-refractivity contribution in [1.82, 2.24) is 15.0 Å². The van der Waals surface area contributed by atoms with E-state index in [0.717, 1.165) is 16.1 Å². The summed E-state index contributed by atoms with van der Waals surface area (Å²) >= 11 is 1.39. The number of aromatic nitrogens is 2. The van der Waals surface area contributed by atoms with Crippen LogP contribution >= 0.6 is 11.3 Å². The second kappa shape index (κ2) is 7.20. The predicted octanol–water partition coefficient (Wildman–Crippen LogP) is 3.51. The molecule has 4 rings (SSSR count). The molecule has 0 saturated heterocycles. The van der Waals surface area contributed by atoms with Gasteiger partial charge >= 0.3 is 0 Å². The summed E-state index contributed by atoms with van der Waals surface area (Å²) in [6, 6.07) is 7.36. The first-order chi connectivity index (χ1) is 13.4. The maximum atomic E-state index is 12.9. The fourth-order valence-corrected chi connectivity index (χ4v) is 4.13. The zero-order valence-electron chi connectivity index (χ0n) is 15.9. The van der Waals surface area contributed by atoms with Crippen molar-refractivity contribution in [2.45, 2.75) is 33.7 Å². The van der Waals surface area contributed by atoms with Crippen LogP contribution in [0.4, 0.5) is 5.13 Å². The number of anilines is 1. The number of rotatable bonds is 3. The van der Waals surface area contributed by atoms with E-state index in [0.29, 0.717) is 36.0 Å². The van der Waals surface area contributed by atoms with E-state index in [1.54, 1.807) is 13.0 Å². The van der Waals surface area contributed by atoms with Gasteiger partial charge in [-0.05, 0) is 44.0 Å². The summed E-state index contributed by atoms with van der Waals surface area (Å²) in [6.45, 7) is 6.88. The fourth-order valence-electron chi connectivity index (χ4n) is 3.11. The summed E-state index contributed by atoms with van der Waals surface area (Å²) < 4.78 is 4.93. The molecule has 2 aromatic heterocycles. The molecule has 1 aliphatic rings. The van der Waals surface area contributed by atoms with Crippen molar-refractivity contribution < 1.29 is 14.1 Å². The van der Waals surface area contributed by atoms with Gasteiger partial charge in [0.2, 0.25) is 0 Å². The maximum absolute atomic E-state index is 12.9. The smallest absolute Gasteiger partial charge is 0.279 e. The fraction of sp³-hybridized carbons (Fsp3) is 0.300. The third-order valence-corrected chi connectivity index (χ3v) is 5.85. The maximum Gasteiger partial charge on any atom is 0.279 e. The monoisotopic (exact) mass is 396 g/mol. The van der Waals surface area contributed by atoms with Crippen LogP contribution in [0.3, 0.4) is 0 Å². The van der Waals surface area contributed by atoms with E-state index < -0.39 is 0 Å². The number of carbonyl (C=O) groups excluding carboxylic acids is 2. The minimum absolute atomic E-state index is 0.0193. The van der Waals surface area contributed by atoms with Crippen LogP contribution in [0.2, 0.25) is 0 Å². The number of aryl methyl sites for hydroxylation is 3. The molecule has 8 heteroatoms. The third kappa shape index (κ3) is 3.55. The van der Waals surface area contributed by atoms with Crippen molar-refractivity contribution in [3.8, 4) is 0 Å². The zero-order chi connectivity index (χ0) is 19.8. The van der Waals surface area contributed by atoms with Crippen LogP contribution in [0.5, 0.6) is 0 Å². The first kappa shape index (κ1) is 18.4. The highest BCUT2D eigenvalue weighted by Gasteiger charge is 2.26. The molecule has 1 aliphatic heterocycles. The van der Waals surface area contributed by atoms with Gasteiger partial charge in [-0.1, -0.05) is 22.6 Å². The first-order valence-electron chi connectivity index (χ1n) is 9.00. The van der Waals surface area contributed by atoms with Gasteiger partial charge in [0.1, 0.15) is 5.76 Å². The summed E-state index contributed by atoms with van der Waals surface area (Å²) in [7, 11) is 0. The molecule has 144 valence electrons. The molecule has 3 heterocycles. The van der Waals surface area contributed by atoms with Crippen molar-refractivity contribution in [2.75, 3.05) is 11.9 Å². The van der Waals surface area contributed by atoms with Gasteiger partial charge in [0.05, 0.1) is 12.2 Å².